The predicted molar refractivity (Wildman–Crippen MR) is 77.9 cm³/mol. The summed E-state index contributed by atoms with van der Waals surface area (Å²) in [6.07, 6.45) is 2.32. The summed E-state index contributed by atoms with van der Waals surface area (Å²) in [5.74, 6) is 1.57. The molecule has 1 saturated heterocycles. The topological polar surface area (TPSA) is 41.6 Å². The molecule has 0 spiro atoms. The molecule has 2 atom stereocenters. The number of ether oxygens (including phenoxy) is 1. The van der Waals surface area contributed by atoms with Gasteiger partial charge in [0.2, 0.25) is 5.91 Å². The van der Waals surface area contributed by atoms with Crippen LogP contribution < -0.4 is 10.1 Å². The predicted octanol–water partition coefficient (Wildman–Crippen LogP) is 1.62. The van der Waals surface area contributed by atoms with Gasteiger partial charge in [0.15, 0.2) is 0 Å². The Bertz CT molecular complexity index is 487. The zero-order valence-electron chi connectivity index (χ0n) is 12.0. The molecule has 0 bridgehead atoms. The van der Waals surface area contributed by atoms with Gasteiger partial charge >= 0.3 is 0 Å². The summed E-state index contributed by atoms with van der Waals surface area (Å²) in [5.41, 5.74) is 1.05. The molecule has 4 heteroatoms. The monoisotopic (exact) mass is 274 g/mol. The number of fused-ring (bicyclic) bond motifs is 1. The first-order valence-corrected chi connectivity index (χ1v) is 7.44. The molecule has 2 aliphatic heterocycles. The Morgan fingerprint density at radius 1 is 1.45 bits per heavy atom. The van der Waals surface area contributed by atoms with E-state index in [1.165, 1.54) is 6.42 Å². The number of nitrogens with zero attached hydrogens (tertiary/aromatic N) is 1. The molecule has 3 rings (SSSR count). The number of hydrogen-bond donors (Lipinski definition) is 1. The molecule has 1 N–H and O–H groups in total. The Morgan fingerprint density at radius 2 is 2.30 bits per heavy atom. The number of likely N-dealkylation sites (tertiary alicyclic amines) is 1. The van der Waals surface area contributed by atoms with E-state index in [1.807, 2.05) is 36.2 Å². The van der Waals surface area contributed by atoms with Gasteiger partial charge in [-0.05, 0) is 38.4 Å². The Balaban J connectivity index is 1.70. The molecule has 0 saturated carbocycles. The van der Waals surface area contributed by atoms with Crippen molar-refractivity contribution in [3.8, 4) is 5.75 Å². The van der Waals surface area contributed by atoms with Gasteiger partial charge in [-0.15, -0.1) is 0 Å². The highest BCUT2D eigenvalue weighted by Crippen LogP contribution is 2.35. The molecular weight excluding hydrogens is 252 g/mol. The Hall–Kier alpha value is -1.55. The summed E-state index contributed by atoms with van der Waals surface area (Å²) in [6, 6.07) is 7.89. The van der Waals surface area contributed by atoms with Crippen molar-refractivity contribution in [1.29, 1.82) is 0 Å². The van der Waals surface area contributed by atoms with Crippen molar-refractivity contribution in [2.24, 2.45) is 5.92 Å². The summed E-state index contributed by atoms with van der Waals surface area (Å²) in [7, 11) is 1.97. The van der Waals surface area contributed by atoms with Crippen molar-refractivity contribution in [3.05, 3.63) is 29.8 Å². The second-order valence-electron chi connectivity index (χ2n) is 5.75. The van der Waals surface area contributed by atoms with Crippen LogP contribution in [0.2, 0.25) is 0 Å². The number of carbonyl (C=O) groups is 1. The van der Waals surface area contributed by atoms with Gasteiger partial charge in [0.05, 0.1) is 0 Å². The SMILES string of the molecule is CNC[C@H]1CCCN(C(=O)[C@@H]2COc3ccccc32)C1. The number of para-hydroxylation sites is 1. The van der Waals surface area contributed by atoms with E-state index in [1.54, 1.807) is 0 Å². The van der Waals surface area contributed by atoms with Gasteiger partial charge in [0.25, 0.3) is 0 Å². The van der Waals surface area contributed by atoms with E-state index in [2.05, 4.69) is 5.32 Å². The molecule has 20 heavy (non-hydrogen) atoms. The minimum atomic E-state index is -0.112. The van der Waals surface area contributed by atoms with Crippen molar-refractivity contribution < 1.29 is 9.53 Å². The summed E-state index contributed by atoms with van der Waals surface area (Å²) in [4.78, 5) is 14.8. The van der Waals surface area contributed by atoms with Crippen molar-refractivity contribution in [2.75, 3.05) is 33.3 Å². The first-order valence-electron chi connectivity index (χ1n) is 7.44. The van der Waals surface area contributed by atoms with E-state index in [-0.39, 0.29) is 11.8 Å². The highest BCUT2D eigenvalue weighted by atomic mass is 16.5. The van der Waals surface area contributed by atoms with Gasteiger partial charge < -0.3 is 15.0 Å². The molecular formula is C16H22N2O2. The minimum Gasteiger partial charge on any atom is -0.492 e. The van der Waals surface area contributed by atoms with Crippen LogP contribution in [0.3, 0.4) is 0 Å². The van der Waals surface area contributed by atoms with Crippen LogP contribution in [0.1, 0.15) is 24.3 Å². The van der Waals surface area contributed by atoms with Crippen molar-refractivity contribution in [3.63, 3.8) is 0 Å². The highest BCUT2D eigenvalue weighted by molar-refractivity contribution is 5.85. The first-order chi connectivity index (χ1) is 9.79. The number of benzene rings is 1. The number of rotatable bonds is 3. The molecule has 0 unspecified atom stereocenters. The number of nitrogens with one attached hydrogen (secondary N) is 1. The lowest BCUT2D eigenvalue weighted by molar-refractivity contribution is -0.134. The van der Waals surface area contributed by atoms with E-state index in [0.29, 0.717) is 12.5 Å². The third kappa shape index (κ3) is 2.52. The zero-order chi connectivity index (χ0) is 13.9. The van der Waals surface area contributed by atoms with Crippen LogP contribution in [0.5, 0.6) is 5.75 Å². The maximum atomic E-state index is 12.7. The normalized spacial score (nSPS) is 25.1. The van der Waals surface area contributed by atoms with Gasteiger partial charge in [-0.25, -0.2) is 0 Å². The maximum absolute atomic E-state index is 12.7. The third-order valence-electron chi connectivity index (χ3n) is 4.32. The molecule has 0 aliphatic carbocycles. The van der Waals surface area contributed by atoms with Gasteiger partial charge in [-0.3, -0.25) is 4.79 Å². The van der Waals surface area contributed by atoms with Crippen LogP contribution in [0, 0.1) is 5.92 Å². The lowest BCUT2D eigenvalue weighted by Crippen LogP contribution is -2.44. The summed E-state index contributed by atoms with van der Waals surface area (Å²) in [5, 5.41) is 3.22. The maximum Gasteiger partial charge on any atom is 0.233 e. The smallest absolute Gasteiger partial charge is 0.233 e. The lowest BCUT2D eigenvalue weighted by atomic mass is 9.94. The molecule has 0 aromatic heterocycles. The van der Waals surface area contributed by atoms with Gasteiger partial charge in [-0.2, -0.15) is 0 Å². The largest absolute Gasteiger partial charge is 0.492 e. The fourth-order valence-corrected chi connectivity index (χ4v) is 3.31. The molecule has 0 radical (unpaired) electrons. The Morgan fingerprint density at radius 3 is 3.15 bits per heavy atom. The molecule has 1 aromatic rings. The second kappa shape index (κ2) is 5.83. The highest BCUT2D eigenvalue weighted by Gasteiger charge is 2.34. The van der Waals surface area contributed by atoms with E-state index in [4.69, 9.17) is 4.74 Å². The van der Waals surface area contributed by atoms with Crippen LogP contribution >= 0.6 is 0 Å². The van der Waals surface area contributed by atoms with Crippen LogP contribution in [0.15, 0.2) is 24.3 Å². The van der Waals surface area contributed by atoms with E-state index < -0.39 is 0 Å². The Kier molecular flexibility index (Phi) is 3.92. The van der Waals surface area contributed by atoms with Crippen LogP contribution in [-0.2, 0) is 4.79 Å². The average molecular weight is 274 g/mol. The number of piperidine rings is 1. The zero-order valence-corrected chi connectivity index (χ0v) is 12.0. The molecule has 1 fully saturated rings. The molecule has 108 valence electrons. The van der Waals surface area contributed by atoms with Crippen LogP contribution in [-0.4, -0.2) is 44.1 Å². The van der Waals surface area contributed by atoms with Crippen molar-refractivity contribution in [1.82, 2.24) is 10.2 Å². The van der Waals surface area contributed by atoms with E-state index in [9.17, 15) is 4.79 Å². The van der Waals surface area contributed by atoms with Gasteiger partial charge in [-0.1, -0.05) is 18.2 Å². The fraction of sp³-hybridized carbons (Fsp3) is 0.562. The summed E-state index contributed by atoms with van der Waals surface area (Å²) in [6.45, 7) is 3.24. The van der Waals surface area contributed by atoms with E-state index >= 15 is 0 Å². The lowest BCUT2D eigenvalue weighted by Gasteiger charge is -2.34. The average Bonchev–Trinajstić information content (AvgIpc) is 2.91. The van der Waals surface area contributed by atoms with E-state index in [0.717, 1.165) is 37.4 Å². The first kappa shape index (κ1) is 13.4. The quantitative estimate of drug-likeness (QED) is 0.910. The van der Waals surface area contributed by atoms with Crippen LogP contribution in [0.4, 0.5) is 0 Å². The summed E-state index contributed by atoms with van der Waals surface area (Å²) >= 11 is 0. The fourth-order valence-electron chi connectivity index (χ4n) is 3.31. The van der Waals surface area contributed by atoms with Crippen molar-refractivity contribution in [2.45, 2.75) is 18.8 Å². The number of amides is 1. The second-order valence-corrected chi connectivity index (χ2v) is 5.75. The van der Waals surface area contributed by atoms with Gasteiger partial charge in [0.1, 0.15) is 18.3 Å². The molecule has 4 nitrogen and oxygen atoms in total. The van der Waals surface area contributed by atoms with Crippen molar-refractivity contribution >= 4 is 5.91 Å². The molecule has 2 heterocycles. The summed E-state index contributed by atoms with van der Waals surface area (Å²) < 4.78 is 5.64. The minimum absolute atomic E-state index is 0.112. The Labute approximate surface area is 120 Å². The molecule has 1 amide bonds. The third-order valence-corrected chi connectivity index (χ3v) is 4.32. The molecule has 1 aromatic carbocycles. The number of carbonyl (C=O) groups excluding carboxylic acids is 1. The van der Waals surface area contributed by atoms with Gasteiger partial charge in [0, 0.05) is 18.7 Å². The van der Waals surface area contributed by atoms with Crippen LogP contribution in [0.25, 0.3) is 0 Å². The standard InChI is InChI=1S/C16H22N2O2/c1-17-9-12-5-4-8-18(10-12)16(19)14-11-20-15-7-3-2-6-13(14)15/h2-3,6-7,12,14,17H,4-5,8-11H2,1H3/t12-,14-/m1/s1. The molecule has 2 aliphatic rings. The number of hydrogen-bond acceptors (Lipinski definition) is 3.